The number of para-hydroxylation sites is 1. The van der Waals surface area contributed by atoms with E-state index in [0.29, 0.717) is 0 Å². The number of rotatable bonds is 4. The molecule has 3 heterocycles. The van der Waals surface area contributed by atoms with Crippen molar-refractivity contribution in [2.75, 3.05) is 4.90 Å². The van der Waals surface area contributed by atoms with Crippen LogP contribution in [0.4, 0.5) is 17.1 Å². The van der Waals surface area contributed by atoms with Gasteiger partial charge in [-0.15, -0.1) is 22.7 Å². The van der Waals surface area contributed by atoms with Gasteiger partial charge < -0.3 is 9.32 Å². The Morgan fingerprint density at radius 2 is 1.04 bits per heavy atom. The predicted octanol–water partition coefficient (Wildman–Crippen LogP) is 14.6. The molecule has 3 aromatic heterocycles. The van der Waals surface area contributed by atoms with Crippen LogP contribution in [0.3, 0.4) is 0 Å². The fraction of sp³-hybridized carbons (Fsp3) is 0. The van der Waals surface area contributed by atoms with Gasteiger partial charge in [0.25, 0.3) is 0 Å². The molecule has 0 aliphatic rings. The summed E-state index contributed by atoms with van der Waals surface area (Å²) in [4.78, 5) is 2.47. The first-order valence-electron chi connectivity index (χ1n) is 16.8. The molecule has 2 nitrogen and oxygen atoms in total. The highest BCUT2D eigenvalue weighted by Gasteiger charge is 2.22. The Morgan fingerprint density at radius 1 is 0.400 bits per heavy atom. The molecule has 0 saturated heterocycles. The topological polar surface area (TPSA) is 16.4 Å². The van der Waals surface area contributed by atoms with E-state index in [1.54, 1.807) is 0 Å². The van der Waals surface area contributed by atoms with Crippen LogP contribution in [0.15, 0.2) is 168 Å². The first kappa shape index (κ1) is 28.0. The Balaban J connectivity index is 1.13. The number of benzene rings is 8. The Labute approximate surface area is 295 Å². The first-order chi connectivity index (χ1) is 24.8. The maximum absolute atomic E-state index is 6.72. The second kappa shape index (κ2) is 10.8. The molecule has 0 amide bonds. The van der Waals surface area contributed by atoms with Crippen molar-refractivity contribution in [3.05, 3.63) is 164 Å². The van der Waals surface area contributed by atoms with Gasteiger partial charge in [0.2, 0.25) is 0 Å². The van der Waals surface area contributed by atoms with Crippen LogP contribution in [-0.4, -0.2) is 0 Å². The highest BCUT2D eigenvalue weighted by molar-refractivity contribution is 7.26. The van der Waals surface area contributed by atoms with Crippen LogP contribution in [0, 0.1) is 0 Å². The normalized spacial score (nSPS) is 12.0. The van der Waals surface area contributed by atoms with Crippen molar-refractivity contribution in [2.24, 2.45) is 0 Å². The van der Waals surface area contributed by atoms with Crippen LogP contribution < -0.4 is 4.90 Å². The van der Waals surface area contributed by atoms with Gasteiger partial charge in [-0.2, -0.15) is 0 Å². The minimum atomic E-state index is 0.924. The second-order valence-electron chi connectivity index (χ2n) is 12.8. The van der Waals surface area contributed by atoms with Gasteiger partial charge in [-0.05, 0) is 59.5 Å². The Bertz CT molecular complexity index is 3110. The van der Waals surface area contributed by atoms with Gasteiger partial charge in [-0.25, -0.2) is 0 Å². The highest BCUT2D eigenvalue weighted by Crippen LogP contribution is 2.49. The molecule has 0 saturated carbocycles. The van der Waals surface area contributed by atoms with Gasteiger partial charge in [0.05, 0.1) is 16.1 Å². The van der Waals surface area contributed by atoms with E-state index >= 15 is 0 Å². The standard InChI is InChI=1S/C46H27NOS2/c1-2-11-31-28(10-1)24-27-35-34-15-7-14-32(44(34)48-45(31)35)29-22-25-30(26-23-29)47(38-17-9-21-42-43(38)37-13-4-6-20-41(37)49-42)39-18-8-16-36-33-12-3-5-19-40(33)50-46(36)39/h1-27H. The van der Waals surface area contributed by atoms with Gasteiger partial charge >= 0.3 is 0 Å². The summed E-state index contributed by atoms with van der Waals surface area (Å²) in [7, 11) is 0. The lowest BCUT2D eigenvalue weighted by Crippen LogP contribution is -2.10. The van der Waals surface area contributed by atoms with Crippen LogP contribution in [0.5, 0.6) is 0 Å². The summed E-state index contributed by atoms with van der Waals surface area (Å²) in [5, 5.41) is 9.78. The first-order valence-corrected chi connectivity index (χ1v) is 18.5. The van der Waals surface area contributed by atoms with Crippen LogP contribution >= 0.6 is 22.7 Å². The smallest absolute Gasteiger partial charge is 0.143 e. The maximum atomic E-state index is 6.72. The molecule has 4 heteroatoms. The number of furan rings is 1. The van der Waals surface area contributed by atoms with Gasteiger partial charge in [-0.3, -0.25) is 0 Å². The summed E-state index contributed by atoms with van der Waals surface area (Å²) in [5.74, 6) is 0. The van der Waals surface area contributed by atoms with Crippen LogP contribution in [0.25, 0.3) is 84.2 Å². The lowest BCUT2D eigenvalue weighted by molar-refractivity contribution is 0.674. The SMILES string of the molecule is c1ccc2c(c1)ccc1c3cccc(-c4ccc(N(c5cccc6c5sc5ccccc56)c5cccc6sc7ccccc7c56)cc4)c3oc21. The van der Waals surface area contributed by atoms with Crippen LogP contribution in [0.2, 0.25) is 0 Å². The van der Waals surface area contributed by atoms with Crippen molar-refractivity contribution in [1.82, 2.24) is 0 Å². The van der Waals surface area contributed by atoms with Crippen molar-refractivity contribution < 1.29 is 4.42 Å². The Kier molecular flexibility index (Phi) is 6.03. The number of hydrogen-bond donors (Lipinski definition) is 0. The van der Waals surface area contributed by atoms with Gasteiger partial charge in [0.15, 0.2) is 0 Å². The summed E-state index contributed by atoms with van der Waals surface area (Å²) in [5.41, 5.74) is 7.58. The zero-order chi connectivity index (χ0) is 32.8. The zero-order valence-electron chi connectivity index (χ0n) is 26.8. The van der Waals surface area contributed by atoms with E-state index in [0.717, 1.165) is 44.1 Å². The largest absolute Gasteiger partial charge is 0.455 e. The average Bonchev–Trinajstić information content (AvgIpc) is 3.87. The molecule has 0 fully saturated rings. The molecule has 234 valence electrons. The lowest BCUT2D eigenvalue weighted by atomic mass is 10.0. The molecule has 0 aliphatic heterocycles. The summed E-state index contributed by atoms with van der Waals surface area (Å²) < 4.78 is 11.9. The quantitative estimate of drug-likeness (QED) is 0.185. The molecule has 0 bridgehead atoms. The van der Waals surface area contributed by atoms with E-state index in [9.17, 15) is 0 Å². The van der Waals surface area contributed by atoms with E-state index in [2.05, 4.69) is 169 Å². The highest BCUT2D eigenvalue weighted by atomic mass is 32.1. The molecule has 11 aromatic rings. The number of hydrogen-bond acceptors (Lipinski definition) is 4. The fourth-order valence-electron chi connectivity index (χ4n) is 7.80. The summed E-state index contributed by atoms with van der Waals surface area (Å²) in [6.07, 6.45) is 0. The van der Waals surface area contributed by atoms with Gasteiger partial charge in [-0.1, -0.05) is 115 Å². The number of thiophene rings is 2. The summed E-state index contributed by atoms with van der Waals surface area (Å²) in [6.45, 7) is 0. The second-order valence-corrected chi connectivity index (χ2v) is 15.0. The maximum Gasteiger partial charge on any atom is 0.143 e. The van der Waals surface area contributed by atoms with Gasteiger partial charge in [0, 0.05) is 63.1 Å². The van der Waals surface area contributed by atoms with E-state index in [4.69, 9.17) is 4.42 Å². The van der Waals surface area contributed by atoms with Gasteiger partial charge in [0.1, 0.15) is 11.2 Å². The summed E-state index contributed by atoms with van der Waals surface area (Å²) in [6, 6.07) is 59.4. The summed E-state index contributed by atoms with van der Waals surface area (Å²) >= 11 is 3.73. The molecule has 0 radical (unpaired) electrons. The molecular formula is C46H27NOS2. The predicted molar refractivity (Wildman–Crippen MR) is 217 cm³/mol. The van der Waals surface area contributed by atoms with Crippen molar-refractivity contribution in [1.29, 1.82) is 0 Å². The molecule has 0 atom stereocenters. The minimum Gasteiger partial charge on any atom is -0.455 e. The van der Waals surface area contributed by atoms with E-state index in [1.807, 2.05) is 22.7 Å². The van der Waals surface area contributed by atoms with Crippen molar-refractivity contribution in [3.8, 4) is 11.1 Å². The third-order valence-electron chi connectivity index (χ3n) is 10.1. The number of nitrogens with zero attached hydrogens (tertiary/aromatic N) is 1. The Hall–Kier alpha value is -5.94. The molecular weight excluding hydrogens is 647 g/mol. The van der Waals surface area contributed by atoms with E-state index in [1.165, 1.54) is 57.1 Å². The molecule has 11 rings (SSSR count). The minimum absolute atomic E-state index is 0.924. The molecule has 0 N–H and O–H groups in total. The van der Waals surface area contributed by atoms with E-state index < -0.39 is 0 Å². The Morgan fingerprint density at radius 3 is 1.92 bits per heavy atom. The van der Waals surface area contributed by atoms with Crippen molar-refractivity contribution in [3.63, 3.8) is 0 Å². The third kappa shape index (κ3) is 4.07. The third-order valence-corrected chi connectivity index (χ3v) is 12.4. The number of anilines is 3. The van der Waals surface area contributed by atoms with Crippen molar-refractivity contribution in [2.45, 2.75) is 0 Å². The molecule has 0 aliphatic carbocycles. The lowest BCUT2D eigenvalue weighted by Gasteiger charge is -2.27. The van der Waals surface area contributed by atoms with Crippen molar-refractivity contribution >= 4 is 113 Å². The monoisotopic (exact) mass is 673 g/mol. The molecule has 0 unspecified atom stereocenters. The number of fused-ring (bicyclic) bond motifs is 11. The van der Waals surface area contributed by atoms with Crippen LogP contribution in [0.1, 0.15) is 0 Å². The zero-order valence-corrected chi connectivity index (χ0v) is 28.4. The van der Waals surface area contributed by atoms with Crippen LogP contribution in [-0.2, 0) is 0 Å². The molecule has 50 heavy (non-hydrogen) atoms. The average molecular weight is 674 g/mol. The molecule has 8 aromatic carbocycles. The molecule has 0 spiro atoms. The fourth-order valence-corrected chi connectivity index (χ4v) is 10.1. The van der Waals surface area contributed by atoms with E-state index in [-0.39, 0.29) is 0 Å².